The number of hydrogen-bond donors (Lipinski definition) is 0. The van der Waals surface area contributed by atoms with Gasteiger partial charge < -0.3 is 0 Å². The van der Waals surface area contributed by atoms with E-state index in [2.05, 4.69) is 121 Å². The molecule has 8 aromatic rings. The molecule has 0 N–H and O–H groups in total. The van der Waals surface area contributed by atoms with Crippen molar-refractivity contribution in [1.82, 2.24) is 15.0 Å². The van der Waals surface area contributed by atoms with E-state index in [1.165, 1.54) is 38.2 Å². The first-order valence-electron chi connectivity index (χ1n) is 16.6. The molecule has 1 heterocycles. The number of rotatable bonds is 7. The zero-order chi connectivity index (χ0) is 33.0. The average molecular weight is 628 g/mol. The lowest BCUT2D eigenvalue weighted by Crippen LogP contribution is -2.00. The molecule has 1 aromatic heterocycles. The van der Waals surface area contributed by atoms with Crippen LogP contribution in [0, 0.1) is 0 Å². The van der Waals surface area contributed by atoms with Crippen LogP contribution >= 0.6 is 0 Å². The van der Waals surface area contributed by atoms with Crippen molar-refractivity contribution < 1.29 is 0 Å². The van der Waals surface area contributed by atoms with Crippen molar-refractivity contribution in [1.29, 1.82) is 0 Å². The van der Waals surface area contributed by atoms with Crippen LogP contribution in [0.25, 0.3) is 84.0 Å². The smallest absolute Gasteiger partial charge is 0.164 e. The van der Waals surface area contributed by atoms with Crippen LogP contribution in [-0.2, 0) is 0 Å². The summed E-state index contributed by atoms with van der Waals surface area (Å²) in [7, 11) is 0. The Hall–Kier alpha value is -6.45. The third-order valence-corrected chi connectivity index (χ3v) is 8.82. The van der Waals surface area contributed by atoms with Gasteiger partial charge in [-0.2, -0.15) is 0 Å². The third kappa shape index (κ3) is 6.18. The Morgan fingerprint density at radius 3 is 1.47 bits per heavy atom. The molecule has 0 saturated heterocycles. The van der Waals surface area contributed by atoms with Crippen LogP contribution < -0.4 is 0 Å². The fourth-order valence-electron chi connectivity index (χ4n) is 6.38. The van der Waals surface area contributed by atoms with E-state index in [1.807, 2.05) is 67.6 Å². The topological polar surface area (TPSA) is 38.7 Å². The Morgan fingerprint density at radius 2 is 0.857 bits per heavy atom. The van der Waals surface area contributed by atoms with Crippen molar-refractivity contribution in [2.75, 3.05) is 0 Å². The molecule has 232 valence electrons. The minimum atomic E-state index is 0.645. The number of benzene rings is 7. The monoisotopic (exact) mass is 627 g/mol. The summed E-state index contributed by atoms with van der Waals surface area (Å²) in [5.41, 5.74) is 8.65. The van der Waals surface area contributed by atoms with Crippen molar-refractivity contribution in [3.8, 4) is 56.4 Å². The van der Waals surface area contributed by atoms with Crippen LogP contribution in [0.15, 0.2) is 176 Å². The van der Waals surface area contributed by atoms with E-state index >= 15 is 0 Å². The predicted octanol–water partition coefficient (Wildman–Crippen LogP) is 12.1. The average Bonchev–Trinajstić information content (AvgIpc) is 3.18. The standard InChI is InChI=1S/C46H33N3/c1-2-3-6-19-38-31-40-30-37(26-27-42(40)43-25-12-11-24-41(38)43)35-21-13-20-34(28-35)36-22-14-23-39(29-36)46-48-44(32-15-7-4-8-16-32)47-45(49-46)33-17-9-5-10-18-33/h2-31H,1H3/b3-2-,19-6-. The van der Waals surface area contributed by atoms with Gasteiger partial charge in [0, 0.05) is 16.7 Å². The second-order valence-corrected chi connectivity index (χ2v) is 12.0. The fraction of sp³-hybridized carbons (Fsp3) is 0.0217. The molecule has 3 heteroatoms. The zero-order valence-electron chi connectivity index (χ0n) is 27.2. The summed E-state index contributed by atoms with van der Waals surface area (Å²) < 4.78 is 0. The highest BCUT2D eigenvalue weighted by Gasteiger charge is 2.13. The van der Waals surface area contributed by atoms with Gasteiger partial charge in [-0.05, 0) is 80.6 Å². The summed E-state index contributed by atoms with van der Waals surface area (Å²) in [5, 5.41) is 5.01. The Kier molecular flexibility index (Phi) is 8.15. The maximum absolute atomic E-state index is 4.95. The Balaban J connectivity index is 1.19. The van der Waals surface area contributed by atoms with E-state index in [0.717, 1.165) is 27.8 Å². The number of nitrogens with zero attached hydrogens (tertiary/aromatic N) is 3. The molecule has 8 rings (SSSR count). The number of fused-ring (bicyclic) bond motifs is 3. The van der Waals surface area contributed by atoms with E-state index in [0.29, 0.717) is 17.5 Å². The van der Waals surface area contributed by atoms with Crippen LogP contribution in [-0.4, -0.2) is 15.0 Å². The molecule has 0 saturated carbocycles. The molecule has 0 fully saturated rings. The molecule has 49 heavy (non-hydrogen) atoms. The van der Waals surface area contributed by atoms with Gasteiger partial charge >= 0.3 is 0 Å². The van der Waals surface area contributed by atoms with Crippen molar-refractivity contribution >= 4 is 27.6 Å². The van der Waals surface area contributed by atoms with Gasteiger partial charge in [-0.3, -0.25) is 0 Å². The maximum Gasteiger partial charge on any atom is 0.164 e. The van der Waals surface area contributed by atoms with Crippen molar-refractivity contribution in [3.05, 3.63) is 182 Å². The largest absolute Gasteiger partial charge is 0.208 e. The van der Waals surface area contributed by atoms with Gasteiger partial charge in [0.2, 0.25) is 0 Å². The van der Waals surface area contributed by atoms with Gasteiger partial charge in [0.15, 0.2) is 17.5 Å². The molecule has 7 aromatic carbocycles. The minimum absolute atomic E-state index is 0.645. The molecule has 0 radical (unpaired) electrons. The number of aromatic nitrogens is 3. The maximum atomic E-state index is 4.95. The quantitative estimate of drug-likeness (QED) is 0.130. The highest BCUT2D eigenvalue weighted by molar-refractivity contribution is 6.11. The van der Waals surface area contributed by atoms with Gasteiger partial charge in [-0.15, -0.1) is 0 Å². The van der Waals surface area contributed by atoms with Crippen LogP contribution in [0.4, 0.5) is 0 Å². The molecule has 0 spiro atoms. The third-order valence-electron chi connectivity index (χ3n) is 8.82. The first kappa shape index (κ1) is 29.9. The molecule has 3 nitrogen and oxygen atoms in total. The summed E-state index contributed by atoms with van der Waals surface area (Å²) in [6.07, 6.45) is 8.42. The normalized spacial score (nSPS) is 11.6. The summed E-state index contributed by atoms with van der Waals surface area (Å²) in [5.74, 6) is 1.95. The van der Waals surface area contributed by atoms with Crippen LogP contribution in [0.1, 0.15) is 12.5 Å². The Bertz CT molecular complexity index is 2440. The van der Waals surface area contributed by atoms with E-state index in [-0.39, 0.29) is 0 Å². The van der Waals surface area contributed by atoms with E-state index in [4.69, 9.17) is 15.0 Å². The molecular weight excluding hydrogens is 595 g/mol. The fourth-order valence-corrected chi connectivity index (χ4v) is 6.38. The van der Waals surface area contributed by atoms with Gasteiger partial charge in [-0.25, -0.2) is 15.0 Å². The molecule has 0 aliphatic carbocycles. The Labute approximate surface area is 286 Å². The second-order valence-electron chi connectivity index (χ2n) is 12.0. The predicted molar refractivity (Wildman–Crippen MR) is 206 cm³/mol. The van der Waals surface area contributed by atoms with E-state index < -0.39 is 0 Å². The Morgan fingerprint density at radius 1 is 0.367 bits per heavy atom. The molecule has 0 atom stereocenters. The molecule has 0 bridgehead atoms. The van der Waals surface area contributed by atoms with Crippen LogP contribution in [0.2, 0.25) is 0 Å². The summed E-state index contributed by atoms with van der Waals surface area (Å²) in [6.45, 7) is 2.04. The lowest BCUT2D eigenvalue weighted by molar-refractivity contribution is 1.07. The van der Waals surface area contributed by atoms with Gasteiger partial charge in [0.05, 0.1) is 0 Å². The van der Waals surface area contributed by atoms with E-state index in [1.54, 1.807) is 0 Å². The highest BCUT2D eigenvalue weighted by Crippen LogP contribution is 2.35. The van der Waals surface area contributed by atoms with Crippen molar-refractivity contribution in [3.63, 3.8) is 0 Å². The molecule has 0 unspecified atom stereocenters. The first-order chi connectivity index (χ1) is 24.2. The van der Waals surface area contributed by atoms with Crippen molar-refractivity contribution in [2.24, 2.45) is 0 Å². The SMILES string of the molecule is C/C=C\C=C/c1cc2cc(-c3cccc(-c4cccc(-c5nc(-c6ccccc6)nc(-c6ccccc6)n5)c4)c3)ccc2c2ccccc12. The van der Waals surface area contributed by atoms with E-state index in [9.17, 15) is 0 Å². The minimum Gasteiger partial charge on any atom is -0.208 e. The summed E-state index contributed by atoms with van der Waals surface area (Å²) in [6, 6.07) is 55.2. The lowest BCUT2D eigenvalue weighted by Gasteiger charge is -2.12. The summed E-state index contributed by atoms with van der Waals surface area (Å²) in [4.78, 5) is 14.8. The first-order valence-corrected chi connectivity index (χ1v) is 16.6. The highest BCUT2D eigenvalue weighted by atomic mass is 15.0. The van der Waals surface area contributed by atoms with Crippen molar-refractivity contribution in [2.45, 2.75) is 6.92 Å². The van der Waals surface area contributed by atoms with Crippen LogP contribution in [0.5, 0.6) is 0 Å². The van der Waals surface area contributed by atoms with Gasteiger partial charge in [-0.1, -0.05) is 158 Å². The molecule has 0 amide bonds. The molecular formula is C46H33N3. The van der Waals surface area contributed by atoms with Crippen LogP contribution in [0.3, 0.4) is 0 Å². The van der Waals surface area contributed by atoms with Gasteiger partial charge in [0.25, 0.3) is 0 Å². The second kappa shape index (κ2) is 13.3. The van der Waals surface area contributed by atoms with Gasteiger partial charge in [0.1, 0.15) is 0 Å². The molecule has 0 aliphatic rings. The summed E-state index contributed by atoms with van der Waals surface area (Å²) >= 11 is 0. The lowest BCUT2D eigenvalue weighted by atomic mass is 9.93. The zero-order valence-corrected chi connectivity index (χ0v) is 27.2. The number of allylic oxidation sites excluding steroid dienone is 3. The molecule has 0 aliphatic heterocycles. The number of hydrogen-bond acceptors (Lipinski definition) is 3.